The zero-order chi connectivity index (χ0) is 12.3. The Kier molecular flexibility index (Phi) is 7.43. The van der Waals surface area contributed by atoms with Crippen molar-refractivity contribution in [2.75, 3.05) is 26.9 Å². The summed E-state index contributed by atoms with van der Waals surface area (Å²) < 4.78 is 10.6. The molecule has 17 heavy (non-hydrogen) atoms. The van der Waals surface area contributed by atoms with Gasteiger partial charge in [0.05, 0.1) is 6.61 Å². The highest BCUT2D eigenvalue weighted by Gasteiger charge is 2.01. The number of methoxy groups -OCH3 is 1. The monoisotopic (exact) mass is 237 g/mol. The van der Waals surface area contributed by atoms with Crippen LogP contribution in [0.1, 0.15) is 25.3 Å². The van der Waals surface area contributed by atoms with Crippen molar-refractivity contribution < 1.29 is 9.47 Å². The number of hydrogen-bond acceptors (Lipinski definition) is 3. The van der Waals surface area contributed by atoms with Gasteiger partial charge in [0, 0.05) is 19.2 Å². The van der Waals surface area contributed by atoms with Gasteiger partial charge in [0.2, 0.25) is 0 Å². The third kappa shape index (κ3) is 5.71. The Morgan fingerprint density at radius 1 is 1.18 bits per heavy atom. The van der Waals surface area contributed by atoms with Gasteiger partial charge in [-0.15, -0.1) is 0 Å². The Balaban J connectivity index is 2.40. The minimum atomic E-state index is 0.600. The van der Waals surface area contributed by atoms with E-state index in [0.29, 0.717) is 13.2 Å². The minimum Gasteiger partial charge on any atom is -0.491 e. The Morgan fingerprint density at radius 3 is 2.76 bits per heavy atom. The molecule has 0 saturated carbocycles. The van der Waals surface area contributed by atoms with Crippen LogP contribution in [0.4, 0.5) is 0 Å². The van der Waals surface area contributed by atoms with Crippen LogP contribution >= 0.6 is 0 Å². The molecule has 1 rings (SSSR count). The Labute approximate surface area is 104 Å². The third-order valence-electron chi connectivity index (χ3n) is 2.54. The van der Waals surface area contributed by atoms with Crippen molar-refractivity contribution in [3.05, 3.63) is 29.8 Å². The average molecular weight is 237 g/mol. The van der Waals surface area contributed by atoms with E-state index in [-0.39, 0.29) is 0 Å². The molecule has 1 N–H and O–H groups in total. The lowest BCUT2D eigenvalue weighted by Gasteiger charge is -2.11. The standard InChI is InChI=1S/C14H23NO2/c1-3-4-9-15-12-13-7-5-6-8-14(13)17-11-10-16-2/h5-8,15H,3-4,9-12H2,1-2H3. The first-order valence-electron chi connectivity index (χ1n) is 6.28. The Bertz CT molecular complexity index is 302. The molecule has 3 nitrogen and oxygen atoms in total. The Morgan fingerprint density at radius 2 is 2.00 bits per heavy atom. The van der Waals surface area contributed by atoms with Gasteiger partial charge in [-0.3, -0.25) is 0 Å². The van der Waals surface area contributed by atoms with Gasteiger partial charge in [0.1, 0.15) is 12.4 Å². The molecule has 1 aromatic carbocycles. The maximum atomic E-state index is 5.67. The molecule has 0 aliphatic carbocycles. The van der Waals surface area contributed by atoms with Crippen LogP contribution < -0.4 is 10.1 Å². The van der Waals surface area contributed by atoms with Crippen LogP contribution in [0.3, 0.4) is 0 Å². The molecule has 0 unspecified atom stereocenters. The van der Waals surface area contributed by atoms with Crippen LogP contribution in [0.2, 0.25) is 0 Å². The lowest BCUT2D eigenvalue weighted by Crippen LogP contribution is -2.15. The minimum absolute atomic E-state index is 0.600. The summed E-state index contributed by atoms with van der Waals surface area (Å²) in [5.41, 5.74) is 1.21. The fourth-order valence-corrected chi connectivity index (χ4v) is 1.55. The zero-order valence-electron chi connectivity index (χ0n) is 10.9. The summed E-state index contributed by atoms with van der Waals surface area (Å²) in [6, 6.07) is 8.14. The lowest BCUT2D eigenvalue weighted by molar-refractivity contribution is 0.145. The summed E-state index contributed by atoms with van der Waals surface area (Å²) in [5.74, 6) is 0.952. The van der Waals surface area contributed by atoms with Crippen molar-refractivity contribution in [3.63, 3.8) is 0 Å². The van der Waals surface area contributed by atoms with E-state index in [4.69, 9.17) is 9.47 Å². The van der Waals surface area contributed by atoms with Crippen LogP contribution in [-0.2, 0) is 11.3 Å². The van der Waals surface area contributed by atoms with E-state index in [9.17, 15) is 0 Å². The van der Waals surface area contributed by atoms with Crippen LogP contribution in [0.5, 0.6) is 5.75 Å². The Hall–Kier alpha value is -1.06. The van der Waals surface area contributed by atoms with Gasteiger partial charge < -0.3 is 14.8 Å². The topological polar surface area (TPSA) is 30.5 Å². The molecule has 0 aromatic heterocycles. The van der Waals surface area contributed by atoms with Crippen LogP contribution in [-0.4, -0.2) is 26.9 Å². The molecular formula is C14H23NO2. The summed E-state index contributed by atoms with van der Waals surface area (Å²) in [5, 5.41) is 3.42. The molecule has 0 bridgehead atoms. The lowest BCUT2D eigenvalue weighted by atomic mass is 10.2. The summed E-state index contributed by atoms with van der Waals surface area (Å²) in [6.45, 7) is 5.34. The van der Waals surface area contributed by atoms with Crippen LogP contribution in [0.25, 0.3) is 0 Å². The molecule has 96 valence electrons. The van der Waals surface area contributed by atoms with Gasteiger partial charge in [-0.1, -0.05) is 31.5 Å². The van der Waals surface area contributed by atoms with E-state index in [1.54, 1.807) is 7.11 Å². The summed E-state index contributed by atoms with van der Waals surface area (Å²) in [4.78, 5) is 0. The summed E-state index contributed by atoms with van der Waals surface area (Å²) in [6.07, 6.45) is 2.44. The number of hydrogen-bond donors (Lipinski definition) is 1. The van der Waals surface area contributed by atoms with E-state index in [2.05, 4.69) is 18.3 Å². The highest BCUT2D eigenvalue weighted by molar-refractivity contribution is 5.33. The first-order chi connectivity index (χ1) is 8.38. The number of benzene rings is 1. The van der Waals surface area contributed by atoms with E-state index in [1.165, 1.54) is 18.4 Å². The first kappa shape index (κ1) is 14.0. The predicted molar refractivity (Wildman–Crippen MR) is 70.4 cm³/mol. The first-order valence-corrected chi connectivity index (χ1v) is 6.28. The number of nitrogens with one attached hydrogen (secondary N) is 1. The maximum absolute atomic E-state index is 5.67. The fraction of sp³-hybridized carbons (Fsp3) is 0.571. The molecule has 1 aromatic rings. The normalized spacial score (nSPS) is 10.5. The largest absolute Gasteiger partial charge is 0.491 e. The van der Waals surface area contributed by atoms with E-state index < -0.39 is 0 Å². The molecule has 0 aliphatic rings. The van der Waals surface area contributed by atoms with Gasteiger partial charge in [-0.2, -0.15) is 0 Å². The third-order valence-corrected chi connectivity index (χ3v) is 2.54. The fourth-order valence-electron chi connectivity index (χ4n) is 1.55. The smallest absolute Gasteiger partial charge is 0.123 e. The van der Waals surface area contributed by atoms with Crippen LogP contribution in [0.15, 0.2) is 24.3 Å². The van der Waals surface area contributed by atoms with Gasteiger partial charge in [0.25, 0.3) is 0 Å². The second-order valence-electron chi connectivity index (χ2n) is 3.98. The number of ether oxygens (including phenoxy) is 2. The van der Waals surface area contributed by atoms with Gasteiger partial charge in [0.15, 0.2) is 0 Å². The van der Waals surface area contributed by atoms with Gasteiger partial charge >= 0.3 is 0 Å². The number of rotatable bonds is 9. The molecule has 0 amide bonds. The number of para-hydroxylation sites is 1. The van der Waals surface area contributed by atoms with E-state index in [1.807, 2.05) is 18.2 Å². The number of unbranched alkanes of at least 4 members (excludes halogenated alkanes) is 1. The second-order valence-corrected chi connectivity index (χ2v) is 3.98. The quantitative estimate of drug-likeness (QED) is 0.670. The molecule has 0 atom stereocenters. The van der Waals surface area contributed by atoms with Crippen molar-refractivity contribution in [2.45, 2.75) is 26.3 Å². The van der Waals surface area contributed by atoms with Gasteiger partial charge in [-0.05, 0) is 19.0 Å². The highest BCUT2D eigenvalue weighted by Crippen LogP contribution is 2.17. The molecule has 0 saturated heterocycles. The van der Waals surface area contributed by atoms with E-state index >= 15 is 0 Å². The summed E-state index contributed by atoms with van der Waals surface area (Å²) in [7, 11) is 1.68. The maximum Gasteiger partial charge on any atom is 0.123 e. The van der Waals surface area contributed by atoms with Crippen molar-refractivity contribution in [1.82, 2.24) is 5.32 Å². The van der Waals surface area contributed by atoms with Crippen molar-refractivity contribution in [1.29, 1.82) is 0 Å². The van der Waals surface area contributed by atoms with Crippen LogP contribution in [0, 0.1) is 0 Å². The molecular weight excluding hydrogens is 214 g/mol. The zero-order valence-corrected chi connectivity index (χ0v) is 10.9. The van der Waals surface area contributed by atoms with Crippen molar-refractivity contribution in [3.8, 4) is 5.75 Å². The molecule has 3 heteroatoms. The van der Waals surface area contributed by atoms with Crippen molar-refractivity contribution >= 4 is 0 Å². The molecule has 0 radical (unpaired) electrons. The van der Waals surface area contributed by atoms with Crippen molar-refractivity contribution in [2.24, 2.45) is 0 Å². The second kappa shape index (κ2) is 9.02. The summed E-state index contributed by atoms with van der Waals surface area (Å²) >= 11 is 0. The molecule has 0 fully saturated rings. The molecule has 0 spiro atoms. The van der Waals surface area contributed by atoms with E-state index in [0.717, 1.165) is 18.8 Å². The molecule has 0 aliphatic heterocycles. The highest BCUT2D eigenvalue weighted by atomic mass is 16.5. The van der Waals surface area contributed by atoms with Gasteiger partial charge in [-0.25, -0.2) is 0 Å². The SMILES string of the molecule is CCCCNCc1ccccc1OCCOC. The molecule has 0 heterocycles. The average Bonchev–Trinajstić information content (AvgIpc) is 2.36. The predicted octanol–water partition coefficient (Wildman–Crippen LogP) is 2.60.